The van der Waals surface area contributed by atoms with Gasteiger partial charge >= 0.3 is 5.00 Å². The lowest BCUT2D eigenvalue weighted by Crippen LogP contribution is -1.83. The highest BCUT2D eigenvalue weighted by Crippen LogP contribution is 2.29. The van der Waals surface area contributed by atoms with Crippen molar-refractivity contribution in [2.24, 2.45) is 4.99 Å². The van der Waals surface area contributed by atoms with Crippen LogP contribution < -0.4 is 0 Å². The summed E-state index contributed by atoms with van der Waals surface area (Å²) < 4.78 is 0. The zero-order valence-corrected chi connectivity index (χ0v) is 7.58. The highest BCUT2D eigenvalue weighted by Gasteiger charge is 2.13. The molecule has 0 saturated carbocycles. The van der Waals surface area contributed by atoms with Gasteiger partial charge in [0.1, 0.15) is 0 Å². The van der Waals surface area contributed by atoms with Crippen molar-refractivity contribution in [2.45, 2.75) is 13.0 Å². The predicted molar refractivity (Wildman–Crippen MR) is 47.5 cm³/mol. The lowest BCUT2D eigenvalue weighted by atomic mass is 10.3. The van der Waals surface area contributed by atoms with Crippen LogP contribution in [0.4, 0.5) is 5.00 Å². The largest absolute Gasteiger partial charge is 0.324 e. The summed E-state index contributed by atoms with van der Waals surface area (Å²) >= 11 is 1.02. The average Bonchev–Trinajstić information content (AvgIpc) is 2.52. The van der Waals surface area contributed by atoms with E-state index in [1.165, 1.54) is 12.1 Å². The zero-order chi connectivity index (χ0) is 9.84. The number of carbonyl (C=O) groups excluding carboxylic acids is 1. The van der Waals surface area contributed by atoms with Crippen LogP contribution in [0.3, 0.4) is 0 Å². The summed E-state index contributed by atoms with van der Waals surface area (Å²) in [5.74, 6) is 0. The molecule has 0 N–H and O–H groups in total. The maximum atomic E-state index is 10.3. The molecule has 1 rings (SSSR count). The van der Waals surface area contributed by atoms with Crippen molar-refractivity contribution in [3.8, 4) is 0 Å². The van der Waals surface area contributed by atoms with Crippen molar-refractivity contribution in [3.63, 3.8) is 0 Å². The molecule has 1 atom stereocenters. The molecule has 0 aliphatic heterocycles. The topological polar surface area (TPSA) is 72.6 Å². The molecule has 68 valence electrons. The average molecular weight is 198 g/mol. The van der Waals surface area contributed by atoms with Crippen molar-refractivity contribution in [1.29, 1.82) is 0 Å². The van der Waals surface area contributed by atoms with Crippen LogP contribution in [-0.2, 0) is 4.79 Å². The fourth-order valence-electron chi connectivity index (χ4n) is 0.808. The number of thiophene rings is 1. The van der Waals surface area contributed by atoms with Crippen LogP contribution in [-0.4, -0.2) is 11.0 Å². The third-order valence-electron chi connectivity index (χ3n) is 1.45. The van der Waals surface area contributed by atoms with Crippen LogP contribution >= 0.6 is 11.3 Å². The number of hydrogen-bond donors (Lipinski definition) is 0. The Labute approximate surface area is 77.9 Å². The van der Waals surface area contributed by atoms with Crippen LogP contribution in [0.15, 0.2) is 17.1 Å². The first kappa shape index (κ1) is 9.57. The highest BCUT2D eigenvalue weighted by atomic mass is 32.1. The third-order valence-corrected chi connectivity index (χ3v) is 2.66. The minimum Gasteiger partial charge on any atom is -0.258 e. The molecule has 0 radical (unpaired) electrons. The van der Waals surface area contributed by atoms with Crippen molar-refractivity contribution in [3.05, 3.63) is 27.1 Å². The van der Waals surface area contributed by atoms with Gasteiger partial charge in [-0.05, 0) is 13.0 Å². The molecular weight excluding hydrogens is 192 g/mol. The quantitative estimate of drug-likeness (QED) is 0.323. The standard InChI is InChI=1S/C7H6N2O3S/c1-5(8-4-10)6-2-3-7(13-6)9(11)12/h2-3,5H,1H3. The first-order valence-electron chi connectivity index (χ1n) is 3.46. The van der Waals surface area contributed by atoms with Gasteiger partial charge in [-0.1, -0.05) is 11.3 Å². The molecule has 1 aromatic rings. The molecule has 1 aromatic heterocycles. The van der Waals surface area contributed by atoms with Gasteiger partial charge in [-0.15, -0.1) is 0 Å². The Hall–Kier alpha value is -1.52. The monoisotopic (exact) mass is 198 g/mol. The minimum atomic E-state index is -0.467. The van der Waals surface area contributed by atoms with Gasteiger partial charge in [0, 0.05) is 10.9 Å². The maximum Gasteiger partial charge on any atom is 0.324 e. The number of nitrogens with zero attached hydrogens (tertiary/aromatic N) is 2. The second-order valence-corrected chi connectivity index (χ2v) is 3.42. The predicted octanol–water partition coefficient (Wildman–Crippen LogP) is 2.05. The SMILES string of the molecule is CC(N=C=O)c1ccc([N+](=O)[O-])s1. The summed E-state index contributed by atoms with van der Waals surface area (Å²) in [4.78, 5) is 23.9. The van der Waals surface area contributed by atoms with E-state index in [4.69, 9.17) is 0 Å². The Balaban J connectivity index is 2.91. The first-order chi connectivity index (χ1) is 6.15. The molecule has 0 bridgehead atoms. The molecule has 1 unspecified atom stereocenters. The van der Waals surface area contributed by atoms with Crippen LogP contribution in [0, 0.1) is 10.1 Å². The van der Waals surface area contributed by atoms with E-state index in [0.29, 0.717) is 4.88 Å². The number of isocyanates is 1. The summed E-state index contributed by atoms with van der Waals surface area (Å²) in [5.41, 5.74) is 0. The molecule has 5 nitrogen and oxygen atoms in total. The summed E-state index contributed by atoms with van der Waals surface area (Å²) in [6.45, 7) is 1.68. The van der Waals surface area contributed by atoms with Crippen LogP contribution in [0.25, 0.3) is 0 Å². The van der Waals surface area contributed by atoms with Gasteiger partial charge in [0.2, 0.25) is 6.08 Å². The summed E-state index contributed by atoms with van der Waals surface area (Å²) in [6.07, 6.45) is 1.42. The lowest BCUT2D eigenvalue weighted by molar-refractivity contribution is -0.380. The number of aliphatic imine (C=N–C) groups is 1. The molecule has 0 amide bonds. The van der Waals surface area contributed by atoms with E-state index >= 15 is 0 Å². The molecule has 0 aliphatic rings. The van der Waals surface area contributed by atoms with Gasteiger partial charge in [0.25, 0.3) is 0 Å². The molecule has 0 saturated heterocycles. The third kappa shape index (κ3) is 2.21. The fraction of sp³-hybridized carbons (Fsp3) is 0.286. The second-order valence-electron chi connectivity index (χ2n) is 2.33. The van der Waals surface area contributed by atoms with E-state index in [-0.39, 0.29) is 11.0 Å². The lowest BCUT2D eigenvalue weighted by Gasteiger charge is -1.95. The Morgan fingerprint density at radius 2 is 2.38 bits per heavy atom. The highest BCUT2D eigenvalue weighted by molar-refractivity contribution is 7.15. The van der Waals surface area contributed by atoms with E-state index in [2.05, 4.69) is 4.99 Å². The van der Waals surface area contributed by atoms with E-state index in [1.807, 2.05) is 0 Å². The summed E-state index contributed by atoms with van der Waals surface area (Å²) in [7, 11) is 0. The van der Waals surface area contributed by atoms with Crippen molar-refractivity contribution in [1.82, 2.24) is 0 Å². The van der Waals surface area contributed by atoms with Crippen molar-refractivity contribution >= 4 is 22.4 Å². The summed E-state index contributed by atoms with van der Waals surface area (Å²) in [5, 5.41) is 10.4. The normalized spacial score (nSPS) is 11.8. The summed E-state index contributed by atoms with van der Waals surface area (Å²) in [6, 6.07) is 2.64. The molecule has 0 spiro atoms. The Morgan fingerprint density at radius 1 is 1.69 bits per heavy atom. The van der Waals surface area contributed by atoms with Crippen molar-refractivity contribution < 1.29 is 9.72 Å². The van der Waals surface area contributed by atoms with Gasteiger partial charge in [0.15, 0.2) is 0 Å². The first-order valence-corrected chi connectivity index (χ1v) is 4.28. The number of nitro groups is 1. The molecular formula is C7H6N2O3S. The van der Waals surface area contributed by atoms with E-state index in [0.717, 1.165) is 11.3 Å². The number of rotatable bonds is 3. The van der Waals surface area contributed by atoms with Crippen LogP contribution in [0.1, 0.15) is 17.8 Å². The molecule has 1 heterocycles. The van der Waals surface area contributed by atoms with Gasteiger partial charge in [0.05, 0.1) is 11.0 Å². The van der Waals surface area contributed by atoms with Gasteiger partial charge < -0.3 is 0 Å². The Kier molecular flexibility index (Phi) is 2.89. The fourth-order valence-corrected chi connectivity index (χ4v) is 1.62. The maximum absolute atomic E-state index is 10.3. The molecule has 0 aliphatic carbocycles. The van der Waals surface area contributed by atoms with Crippen molar-refractivity contribution in [2.75, 3.05) is 0 Å². The van der Waals surface area contributed by atoms with Gasteiger partial charge in [-0.3, -0.25) is 10.1 Å². The Morgan fingerprint density at radius 3 is 2.85 bits per heavy atom. The molecule has 13 heavy (non-hydrogen) atoms. The zero-order valence-electron chi connectivity index (χ0n) is 6.76. The van der Waals surface area contributed by atoms with Crippen LogP contribution in [0.5, 0.6) is 0 Å². The second kappa shape index (κ2) is 3.93. The van der Waals surface area contributed by atoms with Gasteiger partial charge in [-0.25, -0.2) is 4.79 Å². The molecule has 0 aromatic carbocycles. The minimum absolute atomic E-state index is 0.0583. The van der Waals surface area contributed by atoms with E-state index in [9.17, 15) is 14.9 Å². The van der Waals surface area contributed by atoms with Gasteiger partial charge in [-0.2, -0.15) is 4.99 Å². The Bertz CT molecular complexity index is 368. The molecule has 6 heteroatoms. The van der Waals surface area contributed by atoms with E-state index in [1.54, 1.807) is 13.0 Å². The van der Waals surface area contributed by atoms with Crippen LogP contribution in [0.2, 0.25) is 0 Å². The van der Waals surface area contributed by atoms with E-state index < -0.39 is 4.92 Å². The molecule has 0 fully saturated rings. The smallest absolute Gasteiger partial charge is 0.258 e. The number of hydrogen-bond acceptors (Lipinski definition) is 5.